The van der Waals surface area contributed by atoms with Crippen LogP contribution in [0.15, 0.2) is 18.3 Å². The Morgan fingerprint density at radius 3 is 2.78 bits per heavy atom. The highest BCUT2D eigenvalue weighted by Gasteiger charge is 2.46. The number of pyridine rings is 1. The Morgan fingerprint density at radius 2 is 2.19 bits per heavy atom. The topological polar surface area (TPSA) is 94.6 Å². The van der Waals surface area contributed by atoms with Crippen LogP contribution in [0.3, 0.4) is 0 Å². The minimum atomic E-state index is -4.47. The quantitative estimate of drug-likeness (QED) is 0.811. The number of ether oxygens (including phenoxy) is 2. The van der Waals surface area contributed by atoms with Crippen molar-refractivity contribution in [3.05, 3.63) is 23.9 Å². The maximum Gasteiger partial charge on any atom is 0.422 e. The molecule has 0 bridgehead atoms. The molecular formula is C16H19F3N2O5S. The predicted molar refractivity (Wildman–Crippen MR) is 88.2 cm³/mol. The summed E-state index contributed by atoms with van der Waals surface area (Å²) >= 11 is 0. The van der Waals surface area contributed by atoms with Gasteiger partial charge >= 0.3 is 6.18 Å². The van der Waals surface area contributed by atoms with Crippen LogP contribution >= 0.6 is 0 Å². The molecule has 11 heteroatoms. The Hall–Kier alpha value is -1.88. The molecule has 1 N–H and O–H groups in total. The average Bonchev–Trinajstić information content (AvgIpc) is 2.87. The highest BCUT2D eigenvalue weighted by Crippen LogP contribution is 2.35. The lowest BCUT2D eigenvalue weighted by molar-refractivity contribution is -0.154. The molecule has 0 radical (unpaired) electrons. The molecule has 0 aliphatic carbocycles. The molecular weight excluding hydrogens is 389 g/mol. The zero-order chi connectivity index (χ0) is 19.7. The molecule has 2 saturated heterocycles. The van der Waals surface area contributed by atoms with E-state index in [1.807, 2.05) is 0 Å². The van der Waals surface area contributed by atoms with Crippen molar-refractivity contribution in [2.45, 2.75) is 37.1 Å². The highest BCUT2D eigenvalue weighted by molar-refractivity contribution is 7.91. The first-order valence-corrected chi connectivity index (χ1v) is 10.2. The van der Waals surface area contributed by atoms with Crippen LogP contribution in [0.4, 0.5) is 13.2 Å². The Bertz CT molecular complexity index is 797. The Balaban J connectivity index is 1.57. The number of halogens is 3. The lowest BCUT2D eigenvalue weighted by Crippen LogP contribution is -2.49. The molecule has 150 valence electrons. The van der Waals surface area contributed by atoms with E-state index < -0.39 is 34.1 Å². The van der Waals surface area contributed by atoms with Gasteiger partial charge in [0.1, 0.15) is 0 Å². The molecule has 2 fully saturated rings. The summed E-state index contributed by atoms with van der Waals surface area (Å²) in [7, 11) is -3.12. The number of rotatable bonds is 4. The van der Waals surface area contributed by atoms with E-state index in [0.717, 1.165) is 6.20 Å². The molecule has 1 amide bonds. The molecule has 3 rings (SSSR count). The lowest BCUT2D eigenvalue weighted by atomic mass is 9.90. The Kier molecular flexibility index (Phi) is 5.35. The van der Waals surface area contributed by atoms with Crippen molar-refractivity contribution in [3.8, 4) is 5.88 Å². The molecule has 0 unspecified atom stereocenters. The van der Waals surface area contributed by atoms with Gasteiger partial charge in [-0.15, -0.1) is 0 Å². The van der Waals surface area contributed by atoms with Gasteiger partial charge in [-0.2, -0.15) is 13.2 Å². The summed E-state index contributed by atoms with van der Waals surface area (Å²) in [6.07, 6.45) is -1.97. The Morgan fingerprint density at radius 1 is 1.41 bits per heavy atom. The van der Waals surface area contributed by atoms with Gasteiger partial charge in [0, 0.05) is 24.9 Å². The van der Waals surface area contributed by atoms with Gasteiger partial charge in [-0.05, 0) is 25.3 Å². The van der Waals surface area contributed by atoms with E-state index in [4.69, 9.17) is 4.74 Å². The smallest absolute Gasteiger partial charge is 0.422 e. The van der Waals surface area contributed by atoms with Crippen LogP contribution < -0.4 is 10.1 Å². The average molecular weight is 408 g/mol. The first-order valence-electron chi connectivity index (χ1n) is 8.37. The lowest BCUT2D eigenvalue weighted by Gasteiger charge is -2.37. The summed E-state index contributed by atoms with van der Waals surface area (Å²) in [5, 5.41) is 2.81. The molecule has 1 spiro atoms. The van der Waals surface area contributed by atoms with Crippen LogP contribution in [0, 0.1) is 0 Å². The van der Waals surface area contributed by atoms with Crippen molar-refractivity contribution in [2.75, 3.05) is 24.7 Å². The zero-order valence-electron chi connectivity index (χ0n) is 14.3. The Labute approximate surface area is 154 Å². The number of hydrogen-bond acceptors (Lipinski definition) is 6. The third-order valence-corrected chi connectivity index (χ3v) is 6.35. The van der Waals surface area contributed by atoms with Crippen molar-refractivity contribution >= 4 is 15.7 Å². The monoisotopic (exact) mass is 408 g/mol. The van der Waals surface area contributed by atoms with Crippen molar-refractivity contribution in [1.82, 2.24) is 10.3 Å². The summed E-state index contributed by atoms with van der Waals surface area (Å²) in [6.45, 7) is -1.11. The number of alkyl halides is 3. The fraction of sp³-hybridized carbons (Fsp3) is 0.625. The van der Waals surface area contributed by atoms with E-state index >= 15 is 0 Å². The maximum absolute atomic E-state index is 12.3. The number of nitrogens with one attached hydrogen (secondary N) is 1. The van der Waals surface area contributed by atoms with Crippen molar-refractivity contribution in [3.63, 3.8) is 0 Å². The minimum absolute atomic E-state index is 0.0425. The number of carbonyl (C=O) groups excluding carboxylic acids is 1. The summed E-state index contributed by atoms with van der Waals surface area (Å²) < 4.78 is 70.0. The standard InChI is InChI=1S/C16H19F3N2O5S/c17-16(18,19)9-25-13-2-1-11(8-20-13)14(22)21-12-3-5-26-15(7-12)4-6-27(23,24)10-15/h1-2,8,12H,3-7,9-10H2,(H,21,22)/t12-,15-/m0/s1. The van der Waals surface area contributed by atoms with Gasteiger partial charge in [0.05, 0.1) is 22.7 Å². The fourth-order valence-electron chi connectivity index (χ4n) is 3.34. The molecule has 1 aromatic heterocycles. The SMILES string of the molecule is O=C(N[C@H]1CCO[C@@]2(CCS(=O)(=O)C2)C1)c1ccc(OCC(F)(F)F)nc1. The third-order valence-electron chi connectivity index (χ3n) is 4.56. The van der Waals surface area contributed by atoms with Gasteiger partial charge in [0.15, 0.2) is 16.4 Å². The van der Waals surface area contributed by atoms with Gasteiger partial charge in [-0.1, -0.05) is 0 Å². The molecule has 2 aliphatic rings. The summed E-state index contributed by atoms with van der Waals surface area (Å²) in [5.74, 6) is -0.631. The van der Waals surface area contributed by atoms with Crippen molar-refractivity contribution in [2.24, 2.45) is 0 Å². The van der Waals surface area contributed by atoms with E-state index in [0.29, 0.717) is 25.9 Å². The van der Waals surface area contributed by atoms with E-state index in [1.165, 1.54) is 12.1 Å². The van der Waals surface area contributed by atoms with Crippen LogP contribution in [0.25, 0.3) is 0 Å². The van der Waals surface area contributed by atoms with E-state index in [2.05, 4.69) is 15.0 Å². The van der Waals surface area contributed by atoms with Gasteiger partial charge in [-0.25, -0.2) is 13.4 Å². The van der Waals surface area contributed by atoms with Gasteiger partial charge < -0.3 is 14.8 Å². The molecule has 1 aromatic rings. The molecule has 2 aliphatic heterocycles. The second-order valence-corrected chi connectivity index (χ2v) is 9.01. The van der Waals surface area contributed by atoms with Gasteiger partial charge in [0.2, 0.25) is 5.88 Å². The molecule has 0 aromatic carbocycles. The third kappa shape index (κ3) is 5.32. The summed E-state index contributed by atoms with van der Waals surface area (Å²) in [4.78, 5) is 16.0. The largest absolute Gasteiger partial charge is 0.468 e. The first-order chi connectivity index (χ1) is 12.6. The number of amides is 1. The second kappa shape index (κ2) is 7.27. The number of aromatic nitrogens is 1. The number of hydrogen-bond donors (Lipinski definition) is 1. The molecule has 27 heavy (non-hydrogen) atoms. The van der Waals surface area contributed by atoms with E-state index in [-0.39, 0.29) is 29.0 Å². The van der Waals surface area contributed by atoms with Gasteiger partial charge in [-0.3, -0.25) is 4.79 Å². The van der Waals surface area contributed by atoms with Crippen LogP contribution in [0.1, 0.15) is 29.6 Å². The van der Waals surface area contributed by atoms with E-state index in [1.54, 1.807) is 0 Å². The zero-order valence-corrected chi connectivity index (χ0v) is 15.1. The highest BCUT2D eigenvalue weighted by atomic mass is 32.2. The normalized spacial score (nSPS) is 27.4. The molecule has 2 atom stereocenters. The maximum atomic E-state index is 12.3. The molecule has 0 saturated carbocycles. The van der Waals surface area contributed by atoms with Crippen LogP contribution in [0.5, 0.6) is 5.88 Å². The van der Waals surface area contributed by atoms with Crippen molar-refractivity contribution < 1.29 is 35.9 Å². The van der Waals surface area contributed by atoms with Crippen LogP contribution in [-0.2, 0) is 14.6 Å². The summed E-state index contributed by atoms with van der Waals surface area (Å²) in [5.41, 5.74) is -0.572. The van der Waals surface area contributed by atoms with Crippen molar-refractivity contribution in [1.29, 1.82) is 0 Å². The number of sulfone groups is 1. The van der Waals surface area contributed by atoms with Gasteiger partial charge in [0.25, 0.3) is 5.91 Å². The van der Waals surface area contributed by atoms with Crippen LogP contribution in [0.2, 0.25) is 0 Å². The van der Waals surface area contributed by atoms with Crippen LogP contribution in [-0.4, -0.2) is 61.8 Å². The van der Waals surface area contributed by atoms with E-state index in [9.17, 15) is 26.4 Å². The molecule has 7 nitrogen and oxygen atoms in total. The number of nitrogens with zero attached hydrogens (tertiary/aromatic N) is 1. The second-order valence-electron chi connectivity index (χ2n) is 6.83. The predicted octanol–water partition coefficient (Wildman–Crippen LogP) is 1.49. The molecule has 3 heterocycles. The first kappa shape index (κ1) is 19.9. The summed E-state index contributed by atoms with van der Waals surface area (Å²) in [6, 6.07) is 2.26. The minimum Gasteiger partial charge on any atom is -0.468 e. The number of carbonyl (C=O) groups is 1. The fourth-order valence-corrected chi connectivity index (χ4v) is 5.31.